The Balaban J connectivity index is 1.81. The van der Waals surface area contributed by atoms with E-state index in [1.54, 1.807) is 17.3 Å². The number of carbonyl (C=O) groups excluding carboxylic acids is 1. The summed E-state index contributed by atoms with van der Waals surface area (Å²) in [5.41, 5.74) is 4.36. The van der Waals surface area contributed by atoms with Gasteiger partial charge in [0, 0.05) is 32.5 Å². The summed E-state index contributed by atoms with van der Waals surface area (Å²) in [5.74, 6) is -0.0945. The molecule has 0 fully saturated rings. The van der Waals surface area contributed by atoms with E-state index in [2.05, 4.69) is 4.98 Å². The van der Waals surface area contributed by atoms with Gasteiger partial charge >= 0.3 is 0 Å². The zero-order chi connectivity index (χ0) is 16.1. The normalized spacial score (nSPS) is 13.6. The maximum atomic E-state index is 13.0. The Morgan fingerprint density at radius 2 is 1.83 bits per heavy atom. The van der Waals surface area contributed by atoms with Crippen LogP contribution in [0.4, 0.5) is 0 Å². The minimum atomic E-state index is -0.216. The van der Waals surface area contributed by atoms with E-state index in [-0.39, 0.29) is 11.5 Å². The molecule has 5 nitrogen and oxygen atoms in total. The average molecular weight is 307 g/mol. The molecule has 23 heavy (non-hydrogen) atoms. The van der Waals surface area contributed by atoms with Gasteiger partial charge in [-0.2, -0.15) is 0 Å². The number of pyridine rings is 1. The largest absolute Gasteiger partial charge is 0.349 e. The molecule has 4 rings (SSSR count). The highest BCUT2D eigenvalue weighted by atomic mass is 16.2. The molecule has 0 atom stereocenters. The number of aromatic amines is 1. The zero-order valence-electron chi connectivity index (χ0n) is 13.1. The molecule has 1 aliphatic heterocycles. The van der Waals surface area contributed by atoms with Crippen LogP contribution in [0.25, 0.3) is 10.9 Å². The summed E-state index contributed by atoms with van der Waals surface area (Å²) in [6.45, 7) is 3.11. The van der Waals surface area contributed by atoms with Gasteiger partial charge in [-0.25, -0.2) is 0 Å². The number of aromatic nitrogens is 2. The summed E-state index contributed by atoms with van der Waals surface area (Å²) < 4.78 is 1.86. The fourth-order valence-corrected chi connectivity index (χ4v) is 3.46. The highest BCUT2D eigenvalue weighted by Gasteiger charge is 2.27. The predicted octanol–water partition coefficient (Wildman–Crippen LogP) is 2.33. The SMILES string of the molecule is Cc1c[nH]c(=O)c2c(C(=O)N3Cc4ccccc4C3)cn(C)c12. The van der Waals surface area contributed by atoms with Crippen LogP contribution in [-0.2, 0) is 20.1 Å². The molecule has 0 radical (unpaired) electrons. The first-order valence-electron chi connectivity index (χ1n) is 7.59. The molecule has 0 saturated carbocycles. The molecule has 2 aromatic heterocycles. The van der Waals surface area contributed by atoms with Gasteiger partial charge in [-0.1, -0.05) is 24.3 Å². The third-order valence-corrected chi connectivity index (χ3v) is 4.56. The molecule has 0 bridgehead atoms. The lowest BCUT2D eigenvalue weighted by Crippen LogP contribution is -2.26. The molecule has 3 aromatic rings. The standard InChI is InChI=1S/C18H17N3O2/c1-11-7-19-17(22)15-14(10-20(2)16(11)15)18(23)21-8-12-5-3-4-6-13(12)9-21/h3-7,10H,8-9H2,1-2H3,(H,19,22). The lowest BCUT2D eigenvalue weighted by atomic mass is 10.1. The van der Waals surface area contributed by atoms with Crippen molar-refractivity contribution in [2.45, 2.75) is 20.0 Å². The lowest BCUT2D eigenvalue weighted by Gasteiger charge is -2.14. The van der Waals surface area contributed by atoms with Crippen molar-refractivity contribution in [1.82, 2.24) is 14.5 Å². The molecule has 0 aliphatic carbocycles. The van der Waals surface area contributed by atoms with Gasteiger partial charge in [0.25, 0.3) is 11.5 Å². The van der Waals surface area contributed by atoms with E-state index in [1.165, 1.54) is 11.1 Å². The van der Waals surface area contributed by atoms with Gasteiger partial charge in [0.05, 0.1) is 16.5 Å². The molecule has 0 unspecified atom stereocenters. The molecule has 1 aromatic carbocycles. The fourth-order valence-electron chi connectivity index (χ4n) is 3.46. The van der Waals surface area contributed by atoms with E-state index >= 15 is 0 Å². The summed E-state index contributed by atoms with van der Waals surface area (Å²) in [6.07, 6.45) is 3.45. The highest BCUT2D eigenvalue weighted by Crippen LogP contribution is 2.27. The summed E-state index contributed by atoms with van der Waals surface area (Å²) in [6, 6.07) is 8.06. The van der Waals surface area contributed by atoms with Crippen molar-refractivity contribution in [2.24, 2.45) is 7.05 Å². The first-order chi connectivity index (χ1) is 11.1. The number of hydrogen-bond acceptors (Lipinski definition) is 2. The first kappa shape index (κ1) is 13.8. The number of nitrogens with one attached hydrogen (secondary N) is 1. The molecular formula is C18H17N3O2. The van der Waals surface area contributed by atoms with Crippen LogP contribution < -0.4 is 5.56 Å². The van der Waals surface area contributed by atoms with E-state index in [4.69, 9.17) is 0 Å². The van der Waals surface area contributed by atoms with Crippen molar-refractivity contribution in [3.63, 3.8) is 0 Å². The van der Waals surface area contributed by atoms with Gasteiger partial charge < -0.3 is 14.5 Å². The van der Waals surface area contributed by atoms with Crippen molar-refractivity contribution >= 4 is 16.8 Å². The molecule has 0 saturated heterocycles. The van der Waals surface area contributed by atoms with Crippen LogP contribution >= 0.6 is 0 Å². The van der Waals surface area contributed by atoms with Gasteiger partial charge in [-0.15, -0.1) is 0 Å². The number of amides is 1. The number of hydrogen-bond donors (Lipinski definition) is 1. The third-order valence-electron chi connectivity index (χ3n) is 4.56. The van der Waals surface area contributed by atoms with Crippen molar-refractivity contribution in [3.05, 3.63) is 69.3 Å². The van der Waals surface area contributed by atoms with Gasteiger partial charge in [-0.05, 0) is 23.6 Å². The quantitative estimate of drug-likeness (QED) is 0.750. The van der Waals surface area contributed by atoms with E-state index in [9.17, 15) is 9.59 Å². The Hall–Kier alpha value is -2.82. The number of carbonyl (C=O) groups is 1. The van der Waals surface area contributed by atoms with E-state index in [1.807, 2.05) is 42.8 Å². The molecule has 1 N–H and O–H groups in total. The zero-order valence-corrected chi connectivity index (χ0v) is 13.1. The van der Waals surface area contributed by atoms with Crippen molar-refractivity contribution in [1.29, 1.82) is 0 Å². The number of fused-ring (bicyclic) bond motifs is 2. The number of H-pyrrole nitrogens is 1. The Kier molecular flexibility index (Phi) is 2.91. The van der Waals surface area contributed by atoms with Crippen molar-refractivity contribution < 1.29 is 4.79 Å². The highest BCUT2D eigenvalue weighted by molar-refractivity contribution is 6.07. The molecule has 5 heteroatoms. The van der Waals surface area contributed by atoms with Gasteiger partial charge in [0.2, 0.25) is 0 Å². The third kappa shape index (κ3) is 2.00. The van der Waals surface area contributed by atoms with Crippen LogP contribution in [0.2, 0.25) is 0 Å². The maximum Gasteiger partial charge on any atom is 0.258 e. The topological polar surface area (TPSA) is 58.1 Å². The Bertz CT molecular complexity index is 972. The summed E-state index contributed by atoms with van der Waals surface area (Å²) >= 11 is 0. The second-order valence-corrected chi connectivity index (χ2v) is 6.11. The van der Waals surface area contributed by atoms with Crippen LogP contribution in [0.5, 0.6) is 0 Å². The second-order valence-electron chi connectivity index (χ2n) is 6.11. The van der Waals surface area contributed by atoms with Crippen molar-refractivity contribution in [3.8, 4) is 0 Å². The van der Waals surface area contributed by atoms with Crippen LogP contribution in [0.1, 0.15) is 27.0 Å². The number of benzene rings is 1. The molecule has 1 amide bonds. The predicted molar refractivity (Wildman–Crippen MR) is 88.3 cm³/mol. The number of aryl methyl sites for hydroxylation is 2. The first-order valence-corrected chi connectivity index (χ1v) is 7.59. The minimum absolute atomic E-state index is 0.0945. The van der Waals surface area contributed by atoms with E-state index in [0.717, 1.165) is 11.1 Å². The van der Waals surface area contributed by atoms with Crippen LogP contribution in [0, 0.1) is 6.92 Å². The number of rotatable bonds is 1. The molecule has 0 spiro atoms. The summed E-state index contributed by atoms with van der Waals surface area (Å²) in [7, 11) is 1.87. The maximum absolute atomic E-state index is 13.0. The molecule has 3 heterocycles. The fraction of sp³-hybridized carbons (Fsp3) is 0.222. The summed E-state index contributed by atoms with van der Waals surface area (Å²) in [5, 5.41) is 0.480. The minimum Gasteiger partial charge on any atom is -0.349 e. The smallest absolute Gasteiger partial charge is 0.258 e. The second kappa shape index (κ2) is 4.84. The Labute approximate surface area is 133 Å². The Morgan fingerprint density at radius 3 is 2.48 bits per heavy atom. The molecule has 116 valence electrons. The van der Waals surface area contributed by atoms with Crippen molar-refractivity contribution in [2.75, 3.05) is 0 Å². The average Bonchev–Trinajstić information content (AvgIpc) is 3.12. The molecular weight excluding hydrogens is 290 g/mol. The van der Waals surface area contributed by atoms with Crippen LogP contribution in [0.15, 0.2) is 41.5 Å². The van der Waals surface area contributed by atoms with Gasteiger partial charge in [0.1, 0.15) is 0 Å². The van der Waals surface area contributed by atoms with Gasteiger partial charge in [0.15, 0.2) is 0 Å². The monoisotopic (exact) mass is 307 g/mol. The number of nitrogens with zero attached hydrogens (tertiary/aromatic N) is 2. The van der Waals surface area contributed by atoms with E-state index in [0.29, 0.717) is 24.0 Å². The molecule has 1 aliphatic rings. The Morgan fingerprint density at radius 1 is 1.17 bits per heavy atom. The van der Waals surface area contributed by atoms with Crippen LogP contribution in [-0.4, -0.2) is 20.4 Å². The lowest BCUT2D eigenvalue weighted by molar-refractivity contribution is 0.0753. The summed E-state index contributed by atoms with van der Waals surface area (Å²) in [4.78, 5) is 29.7. The van der Waals surface area contributed by atoms with E-state index < -0.39 is 0 Å². The van der Waals surface area contributed by atoms with Crippen LogP contribution in [0.3, 0.4) is 0 Å². The van der Waals surface area contributed by atoms with Gasteiger partial charge in [-0.3, -0.25) is 9.59 Å².